The van der Waals surface area contributed by atoms with Crippen molar-refractivity contribution in [1.82, 2.24) is 24.9 Å². The van der Waals surface area contributed by atoms with Crippen LogP contribution < -0.4 is 10.9 Å². The number of H-pyrrole nitrogens is 1. The first kappa shape index (κ1) is 13.3. The van der Waals surface area contributed by atoms with Crippen molar-refractivity contribution in [2.24, 2.45) is 0 Å². The summed E-state index contributed by atoms with van der Waals surface area (Å²) in [7, 11) is 0. The number of carbonyl (C=O) groups excluding carboxylic acids is 1. The Morgan fingerprint density at radius 2 is 2.30 bits per heavy atom. The van der Waals surface area contributed by atoms with Gasteiger partial charge < -0.3 is 14.7 Å². The standard InChI is InChI=1S/C15H11N5O3/c21-14(11-6-12-15(22)17-3-4-20(12)19-11)18-8-10-5-9-7-16-2-1-13(9)23-10/h1-7H,8H2,(H,17,22)(H,18,21). The van der Waals surface area contributed by atoms with Gasteiger partial charge in [-0.3, -0.25) is 14.6 Å². The van der Waals surface area contributed by atoms with E-state index in [4.69, 9.17) is 4.42 Å². The largest absolute Gasteiger partial charge is 0.459 e. The van der Waals surface area contributed by atoms with E-state index in [0.29, 0.717) is 16.9 Å². The highest BCUT2D eigenvalue weighted by Crippen LogP contribution is 2.17. The highest BCUT2D eigenvalue weighted by Gasteiger charge is 2.13. The first-order chi connectivity index (χ1) is 11.2. The molecule has 0 radical (unpaired) electrons. The van der Waals surface area contributed by atoms with Crippen molar-refractivity contribution >= 4 is 22.4 Å². The molecule has 4 heterocycles. The maximum atomic E-state index is 12.2. The third-order valence-corrected chi connectivity index (χ3v) is 3.42. The summed E-state index contributed by atoms with van der Waals surface area (Å²) in [4.78, 5) is 30.3. The Morgan fingerprint density at radius 1 is 1.39 bits per heavy atom. The number of hydrogen-bond acceptors (Lipinski definition) is 5. The van der Waals surface area contributed by atoms with E-state index in [2.05, 4.69) is 20.4 Å². The predicted molar refractivity (Wildman–Crippen MR) is 81.0 cm³/mol. The van der Waals surface area contributed by atoms with E-state index in [1.165, 1.54) is 16.8 Å². The molecule has 4 aromatic rings. The molecule has 4 rings (SSSR count). The number of carbonyl (C=O) groups is 1. The Labute approximate surface area is 128 Å². The summed E-state index contributed by atoms with van der Waals surface area (Å²) in [6.07, 6.45) is 6.37. The maximum absolute atomic E-state index is 12.2. The van der Waals surface area contributed by atoms with E-state index in [1.807, 2.05) is 6.07 Å². The number of rotatable bonds is 3. The molecular formula is C15H11N5O3. The van der Waals surface area contributed by atoms with Crippen molar-refractivity contribution in [2.45, 2.75) is 6.54 Å². The molecule has 0 atom stereocenters. The predicted octanol–water partition coefficient (Wildman–Crippen LogP) is 1.09. The summed E-state index contributed by atoms with van der Waals surface area (Å²) in [5.74, 6) is 0.231. The lowest BCUT2D eigenvalue weighted by molar-refractivity contribution is 0.0943. The molecule has 4 aromatic heterocycles. The molecular weight excluding hydrogens is 298 g/mol. The van der Waals surface area contributed by atoms with E-state index in [9.17, 15) is 9.59 Å². The average Bonchev–Trinajstić information content (AvgIpc) is 3.17. The normalized spacial score (nSPS) is 11.1. The van der Waals surface area contributed by atoms with Gasteiger partial charge in [0.25, 0.3) is 11.5 Å². The van der Waals surface area contributed by atoms with Crippen molar-refractivity contribution in [2.75, 3.05) is 0 Å². The van der Waals surface area contributed by atoms with Crippen LogP contribution in [-0.2, 0) is 6.54 Å². The zero-order valence-corrected chi connectivity index (χ0v) is 11.8. The molecule has 0 fully saturated rings. The van der Waals surface area contributed by atoms with E-state index in [0.717, 1.165) is 5.39 Å². The highest BCUT2D eigenvalue weighted by atomic mass is 16.3. The van der Waals surface area contributed by atoms with E-state index < -0.39 is 0 Å². The van der Waals surface area contributed by atoms with Gasteiger partial charge in [-0.25, -0.2) is 4.52 Å². The van der Waals surface area contributed by atoms with Crippen LogP contribution in [0.2, 0.25) is 0 Å². The first-order valence-electron chi connectivity index (χ1n) is 6.88. The van der Waals surface area contributed by atoms with Gasteiger partial charge in [0.2, 0.25) is 0 Å². The smallest absolute Gasteiger partial charge is 0.273 e. The fraction of sp³-hybridized carbons (Fsp3) is 0.0667. The zero-order valence-electron chi connectivity index (χ0n) is 11.8. The van der Waals surface area contributed by atoms with Crippen molar-refractivity contribution in [1.29, 1.82) is 0 Å². The molecule has 0 aromatic carbocycles. The minimum Gasteiger partial charge on any atom is -0.459 e. The summed E-state index contributed by atoms with van der Waals surface area (Å²) in [6.45, 7) is 0.220. The van der Waals surface area contributed by atoms with E-state index in [1.54, 1.807) is 24.7 Å². The third-order valence-electron chi connectivity index (χ3n) is 3.42. The molecule has 23 heavy (non-hydrogen) atoms. The van der Waals surface area contributed by atoms with Crippen LogP contribution in [0.25, 0.3) is 16.5 Å². The van der Waals surface area contributed by atoms with Gasteiger partial charge in [-0.2, -0.15) is 5.10 Å². The molecule has 1 amide bonds. The number of nitrogens with zero attached hydrogens (tertiary/aromatic N) is 3. The summed E-state index contributed by atoms with van der Waals surface area (Å²) in [5.41, 5.74) is 0.888. The second kappa shape index (κ2) is 5.09. The molecule has 0 saturated carbocycles. The molecule has 2 N–H and O–H groups in total. The van der Waals surface area contributed by atoms with E-state index in [-0.39, 0.29) is 23.7 Å². The Morgan fingerprint density at radius 3 is 3.13 bits per heavy atom. The fourth-order valence-electron chi connectivity index (χ4n) is 2.33. The highest BCUT2D eigenvalue weighted by molar-refractivity contribution is 5.93. The molecule has 8 heteroatoms. The number of fused-ring (bicyclic) bond motifs is 2. The quantitative estimate of drug-likeness (QED) is 0.589. The van der Waals surface area contributed by atoms with Gasteiger partial charge in [-0.05, 0) is 12.1 Å². The second-order valence-corrected chi connectivity index (χ2v) is 4.96. The minimum atomic E-state index is -0.383. The SMILES string of the molecule is O=C(NCc1cc2cnccc2o1)c1cc2c(=O)[nH]ccn2n1. The van der Waals surface area contributed by atoms with Crippen molar-refractivity contribution in [3.8, 4) is 0 Å². The summed E-state index contributed by atoms with van der Waals surface area (Å²) >= 11 is 0. The van der Waals surface area contributed by atoms with Gasteiger partial charge in [0.1, 0.15) is 16.9 Å². The summed E-state index contributed by atoms with van der Waals surface area (Å²) in [5, 5.41) is 7.66. The number of pyridine rings is 1. The topological polar surface area (TPSA) is 105 Å². The maximum Gasteiger partial charge on any atom is 0.273 e. The van der Waals surface area contributed by atoms with Gasteiger partial charge in [0, 0.05) is 36.2 Å². The van der Waals surface area contributed by atoms with Crippen LogP contribution in [0.15, 0.2) is 52.2 Å². The molecule has 0 spiro atoms. The van der Waals surface area contributed by atoms with Gasteiger partial charge in [-0.1, -0.05) is 0 Å². The van der Waals surface area contributed by atoms with Crippen LogP contribution in [0.3, 0.4) is 0 Å². The molecule has 0 aliphatic rings. The van der Waals surface area contributed by atoms with Gasteiger partial charge in [0.15, 0.2) is 5.69 Å². The molecule has 0 bridgehead atoms. The fourth-order valence-corrected chi connectivity index (χ4v) is 2.33. The first-order valence-corrected chi connectivity index (χ1v) is 6.88. The molecule has 0 aliphatic carbocycles. The Balaban J connectivity index is 1.54. The average molecular weight is 309 g/mol. The lowest BCUT2D eigenvalue weighted by Crippen LogP contribution is -2.23. The monoisotopic (exact) mass is 309 g/mol. The summed E-state index contributed by atoms with van der Waals surface area (Å²) < 4.78 is 6.96. The molecule has 0 unspecified atom stereocenters. The Bertz CT molecular complexity index is 1040. The zero-order chi connectivity index (χ0) is 15.8. The number of amides is 1. The second-order valence-electron chi connectivity index (χ2n) is 4.96. The van der Waals surface area contributed by atoms with Crippen LogP contribution in [-0.4, -0.2) is 25.5 Å². The van der Waals surface area contributed by atoms with Crippen molar-refractivity contribution < 1.29 is 9.21 Å². The molecule has 0 saturated heterocycles. The van der Waals surface area contributed by atoms with Gasteiger partial charge in [0.05, 0.1) is 6.54 Å². The van der Waals surface area contributed by atoms with Crippen LogP contribution in [0.1, 0.15) is 16.2 Å². The Hall–Kier alpha value is -3.42. The lowest BCUT2D eigenvalue weighted by atomic mass is 10.3. The summed E-state index contributed by atoms with van der Waals surface area (Å²) in [6, 6.07) is 5.02. The Kier molecular flexibility index (Phi) is 2.94. The van der Waals surface area contributed by atoms with Crippen LogP contribution in [0.5, 0.6) is 0 Å². The van der Waals surface area contributed by atoms with Crippen LogP contribution in [0, 0.1) is 0 Å². The van der Waals surface area contributed by atoms with Gasteiger partial charge in [-0.15, -0.1) is 0 Å². The molecule has 8 nitrogen and oxygen atoms in total. The molecule has 0 aliphatic heterocycles. The number of furan rings is 1. The third kappa shape index (κ3) is 2.35. The van der Waals surface area contributed by atoms with Gasteiger partial charge >= 0.3 is 0 Å². The lowest BCUT2D eigenvalue weighted by Gasteiger charge is -1.99. The number of aromatic amines is 1. The molecule has 114 valence electrons. The van der Waals surface area contributed by atoms with Crippen molar-refractivity contribution in [3.05, 3.63) is 64.8 Å². The minimum absolute atomic E-state index is 0.166. The number of nitrogens with one attached hydrogen (secondary N) is 2. The number of aromatic nitrogens is 4. The van der Waals surface area contributed by atoms with E-state index >= 15 is 0 Å². The number of hydrogen-bond donors (Lipinski definition) is 2. The van der Waals surface area contributed by atoms with Crippen LogP contribution in [0.4, 0.5) is 0 Å². The van der Waals surface area contributed by atoms with Crippen molar-refractivity contribution in [3.63, 3.8) is 0 Å². The van der Waals surface area contributed by atoms with Crippen LogP contribution >= 0.6 is 0 Å².